The Kier molecular flexibility index (Phi) is 26.1. The van der Waals surface area contributed by atoms with E-state index in [2.05, 4.69) is 19.1 Å². The third kappa shape index (κ3) is 25.1. The number of carbonyl (C=O) groups excluding carboxylic acids is 1. The molecule has 1 radical (unpaired) electrons. The van der Waals surface area contributed by atoms with Gasteiger partial charge in [0.15, 0.2) is 0 Å². The molecule has 0 unspecified atom stereocenters. The molecule has 0 aliphatic rings. The van der Waals surface area contributed by atoms with Crippen molar-refractivity contribution in [2.75, 3.05) is 0 Å². The quantitative estimate of drug-likeness (QED) is 0.0445. The molecule has 0 heterocycles. The largest absolute Gasteiger partial charge is 0.478 e. The van der Waals surface area contributed by atoms with Gasteiger partial charge in [0.1, 0.15) is 6.26 Å². The van der Waals surface area contributed by atoms with Crippen LogP contribution in [0.1, 0.15) is 129 Å². The third-order valence-electron chi connectivity index (χ3n) is 5.35. The van der Waals surface area contributed by atoms with Gasteiger partial charge in [-0.3, -0.25) is 4.79 Å². The number of hydrogen-bond acceptors (Lipinski definition) is 3. The van der Waals surface area contributed by atoms with Gasteiger partial charge in [-0.1, -0.05) is 96.1 Å². The van der Waals surface area contributed by atoms with E-state index in [1.54, 1.807) is 0 Å². The summed E-state index contributed by atoms with van der Waals surface area (Å²) in [4.78, 5) is 22.1. The number of esters is 1. The smallest absolute Gasteiger partial charge is 0.334 e. The van der Waals surface area contributed by atoms with Crippen molar-refractivity contribution in [2.45, 2.75) is 129 Å². The number of carboxylic acid groups (broad SMARTS) is 1. The van der Waals surface area contributed by atoms with Gasteiger partial charge in [-0.25, -0.2) is 4.79 Å². The maximum Gasteiger partial charge on any atom is 0.334 e. The first-order valence-electron chi connectivity index (χ1n) is 12.3. The maximum atomic E-state index is 11.5. The van der Waals surface area contributed by atoms with E-state index in [0.29, 0.717) is 6.42 Å². The number of aliphatic carboxylic acids is 1. The molecule has 185 valence electrons. The molecule has 0 saturated carbocycles. The Balaban J connectivity index is 0. The van der Waals surface area contributed by atoms with E-state index >= 15 is 0 Å². The Morgan fingerprint density at radius 3 is 1.58 bits per heavy atom. The van der Waals surface area contributed by atoms with Gasteiger partial charge in [-0.05, 0) is 39.0 Å². The Bertz CT molecular complexity index is 486. The first-order chi connectivity index (χ1) is 14.6. The molecule has 4 nitrogen and oxygen atoms in total. The predicted molar refractivity (Wildman–Crippen MR) is 125 cm³/mol. The van der Waals surface area contributed by atoms with E-state index < -0.39 is 5.97 Å². The first-order valence-corrected chi connectivity index (χ1v) is 12.3. The van der Waals surface area contributed by atoms with Crippen LogP contribution >= 0.6 is 0 Å². The Morgan fingerprint density at radius 2 is 1.13 bits per heavy atom. The van der Waals surface area contributed by atoms with Gasteiger partial charge in [0.25, 0.3) is 0 Å². The zero-order valence-corrected chi connectivity index (χ0v) is 20.9. The molecule has 0 spiro atoms. The summed E-state index contributed by atoms with van der Waals surface area (Å²) in [6.45, 7) is 3.67. The molecular formula is C26H46CuO4. The van der Waals surface area contributed by atoms with E-state index in [9.17, 15) is 9.59 Å². The number of rotatable bonds is 21. The summed E-state index contributed by atoms with van der Waals surface area (Å²) in [7, 11) is 0. The minimum Gasteiger partial charge on any atom is -0.478 e. The van der Waals surface area contributed by atoms with Gasteiger partial charge in [0, 0.05) is 23.5 Å². The molecule has 1 N–H and O–H groups in total. The fourth-order valence-electron chi connectivity index (χ4n) is 3.31. The molecule has 0 saturated heterocycles. The molecule has 0 amide bonds. The minimum absolute atomic E-state index is 0. The van der Waals surface area contributed by atoms with Crippen molar-refractivity contribution >= 4 is 11.9 Å². The summed E-state index contributed by atoms with van der Waals surface area (Å²) in [6, 6.07) is 0. The predicted octanol–water partition coefficient (Wildman–Crippen LogP) is 8.11. The molecule has 0 aromatic carbocycles. The van der Waals surface area contributed by atoms with Gasteiger partial charge < -0.3 is 9.84 Å². The molecule has 5 heteroatoms. The maximum absolute atomic E-state index is 11.5. The average Bonchev–Trinajstić information content (AvgIpc) is 2.73. The molecule has 0 aliphatic carbocycles. The molecule has 0 aromatic heterocycles. The molecular weight excluding hydrogens is 440 g/mol. The molecule has 0 aromatic rings. The van der Waals surface area contributed by atoms with E-state index in [1.807, 2.05) is 0 Å². The van der Waals surface area contributed by atoms with E-state index in [4.69, 9.17) is 9.84 Å². The summed E-state index contributed by atoms with van der Waals surface area (Å²) in [5.74, 6) is -1.42. The first kappa shape index (κ1) is 32.1. The van der Waals surface area contributed by atoms with E-state index in [-0.39, 0.29) is 28.6 Å². The van der Waals surface area contributed by atoms with Crippen molar-refractivity contribution in [2.24, 2.45) is 0 Å². The number of carboxylic acids is 1. The van der Waals surface area contributed by atoms with E-state index in [0.717, 1.165) is 25.5 Å². The normalized spacial score (nSPS) is 11.5. The zero-order chi connectivity index (χ0) is 22.3. The van der Waals surface area contributed by atoms with Crippen LogP contribution in [0.4, 0.5) is 0 Å². The van der Waals surface area contributed by atoms with Crippen molar-refractivity contribution in [1.82, 2.24) is 0 Å². The Hall–Kier alpha value is -1.06. The van der Waals surface area contributed by atoms with Crippen LogP contribution in [-0.4, -0.2) is 17.0 Å². The second-order valence-corrected chi connectivity index (χ2v) is 8.34. The van der Waals surface area contributed by atoms with Crippen LogP contribution in [0.15, 0.2) is 24.0 Å². The zero-order valence-electron chi connectivity index (χ0n) is 19.9. The van der Waals surface area contributed by atoms with Gasteiger partial charge in [0.2, 0.25) is 0 Å². The number of carbonyl (C=O) groups is 2. The van der Waals surface area contributed by atoms with Crippen LogP contribution in [0.2, 0.25) is 0 Å². The number of hydrogen-bond donors (Lipinski definition) is 1. The fourth-order valence-corrected chi connectivity index (χ4v) is 3.31. The summed E-state index contributed by atoms with van der Waals surface area (Å²) in [5.41, 5.74) is 0.0348. The minimum atomic E-state index is -1.07. The topological polar surface area (TPSA) is 63.6 Å². The Labute approximate surface area is 201 Å². The third-order valence-corrected chi connectivity index (χ3v) is 5.35. The van der Waals surface area contributed by atoms with Crippen LogP contribution in [0, 0.1) is 0 Å². The van der Waals surface area contributed by atoms with Crippen molar-refractivity contribution in [3.05, 3.63) is 24.0 Å². The van der Waals surface area contributed by atoms with Gasteiger partial charge in [-0.2, -0.15) is 0 Å². The standard InChI is InChI=1S/C26H46O4.Cu/c1-3-4-5-6-7-8-9-10-11-12-13-14-15-16-17-18-19-20-21-22-25(27)30-23-24(2)26(28)29;/h10-11,23H,3-9,12-22H2,1-2H3,(H,28,29);/b11-10-,24-23?;. The van der Waals surface area contributed by atoms with E-state index in [1.165, 1.54) is 96.8 Å². The summed E-state index contributed by atoms with van der Waals surface area (Å²) >= 11 is 0. The second kappa shape index (κ2) is 25.2. The van der Waals surface area contributed by atoms with Gasteiger partial charge in [-0.15, -0.1) is 0 Å². The summed E-state index contributed by atoms with van der Waals surface area (Å²) in [6.07, 6.45) is 27.6. The molecule has 0 fully saturated rings. The van der Waals surface area contributed by atoms with Gasteiger partial charge >= 0.3 is 11.9 Å². The fraction of sp³-hybridized carbons (Fsp3) is 0.769. The van der Waals surface area contributed by atoms with Crippen molar-refractivity contribution in [3.63, 3.8) is 0 Å². The monoisotopic (exact) mass is 485 g/mol. The molecule has 0 aliphatic heterocycles. The van der Waals surface area contributed by atoms with Crippen LogP contribution in [0.25, 0.3) is 0 Å². The SMILES string of the molecule is CCCCCCCC/C=C\CCCCCCCCCCCC(=O)OC=C(C)C(=O)O.[Cu]. The van der Waals surface area contributed by atoms with Crippen molar-refractivity contribution < 1.29 is 36.5 Å². The van der Waals surface area contributed by atoms with Crippen LogP contribution < -0.4 is 0 Å². The molecule has 0 atom stereocenters. The number of ether oxygens (including phenoxy) is 1. The molecule has 0 bridgehead atoms. The average molecular weight is 486 g/mol. The number of unbranched alkanes of at least 4 members (excludes halogenated alkanes) is 15. The summed E-state index contributed by atoms with van der Waals surface area (Å²) < 4.78 is 4.82. The van der Waals surface area contributed by atoms with Crippen LogP contribution in [-0.2, 0) is 31.4 Å². The summed E-state index contributed by atoms with van der Waals surface area (Å²) in [5, 5.41) is 8.68. The number of allylic oxidation sites excluding steroid dienone is 2. The van der Waals surface area contributed by atoms with Crippen LogP contribution in [0.5, 0.6) is 0 Å². The van der Waals surface area contributed by atoms with Crippen LogP contribution in [0.3, 0.4) is 0 Å². The van der Waals surface area contributed by atoms with Crippen molar-refractivity contribution in [1.29, 1.82) is 0 Å². The van der Waals surface area contributed by atoms with Crippen molar-refractivity contribution in [3.8, 4) is 0 Å². The second-order valence-electron chi connectivity index (χ2n) is 8.34. The molecule has 0 rings (SSSR count). The molecule has 31 heavy (non-hydrogen) atoms. The van der Waals surface area contributed by atoms with Gasteiger partial charge in [0.05, 0.1) is 5.57 Å². The Morgan fingerprint density at radius 1 is 0.710 bits per heavy atom.